The van der Waals surface area contributed by atoms with Gasteiger partial charge in [0.15, 0.2) is 0 Å². The quantitative estimate of drug-likeness (QED) is 0.579. The maximum absolute atomic E-state index is 11.4. The monoisotopic (exact) mass is 331 g/mol. The molecule has 122 valence electrons. The molecule has 0 saturated carbocycles. The number of para-hydroxylation sites is 1. The second-order valence-corrected chi connectivity index (χ2v) is 6.47. The fourth-order valence-corrected chi connectivity index (χ4v) is 2.89. The third kappa shape index (κ3) is 5.23. The van der Waals surface area contributed by atoms with Crippen LogP contribution >= 0.6 is 11.3 Å². The van der Waals surface area contributed by atoms with Gasteiger partial charge >= 0.3 is 0 Å². The van der Waals surface area contributed by atoms with Crippen LogP contribution in [0, 0.1) is 0 Å². The normalized spacial score (nSPS) is 11.7. The molecule has 1 N–H and O–H groups in total. The van der Waals surface area contributed by atoms with Gasteiger partial charge < -0.3 is 19.5 Å². The molecule has 1 aromatic heterocycles. The summed E-state index contributed by atoms with van der Waals surface area (Å²) in [6.45, 7) is 1.63. The van der Waals surface area contributed by atoms with Gasteiger partial charge in [-0.2, -0.15) is 0 Å². The smallest absolute Gasteiger partial charge is 0.126 e. The number of quaternary nitrogens is 1. The van der Waals surface area contributed by atoms with Crippen molar-refractivity contribution in [1.29, 1.82) is 0 Å². The molecule has 0 fully saturated rings. The fraction of sp³-hybridized carbons (Fsp3) is 0.278. The zero-order chi connectivity index (χ0) is 16.7. The standard InChI is InChI=1S/C18H21NO3S/c1-19(2)10-6-11-22-16-8-4-3-7-14(16)13-15(18(20)21)17-9-5-12-23-17/h3-5,7-9,12-13H,6,10-11H2,1-2H3,(H,20,21)/b15-13-. The van der Waals surface area contributed by atoms with Crippen LogP contribution in [-0.4, -0.2) is 33.2 Å². The summed E-state index contributed by atoms with van der Waals surface area (Å²) >= 11 is 1.38. The first-order chi connectivity index (χ1) is 11.1. The first-order valence-corrected chi connectivity index (χ1v) is 8.43. The molecule has 4 nitrogen and oxygen atoms in total. The molecule has 23 heavy (non-hydrogen) atoms. The van der Waals surface area contributed by atoms with Gasteiger partial charge in [0.2, 0.25) is 0 Å². The molecular weight excluding hydrogens is 310 g/mol. The highest BCUT2D eigenvalue weighted by atomic mass is 32.1. The van der Waals surface area contributed by atoms with Crippen molar-refractivity contribution in [3.8, 4) is 5.75 Å². The molecule has 0 amide bonds. The third-order valence-corrected chi connectivity index (χ3v) is 4.21. The summed E-state index contributed by atoms with van der Waals surface area (Å²) in [6.07, 6.45) is 2.56. The molecule has 0 atom stereocenters. The molecule has 0 radical (unpaired) electrons. The van der Waals surface area contributed by atoms with Gasteiger partial charge in [-0.15, -0.1) is 11.3 Å². The molecule has 5 heteroatoms. The lowest BCUT2D eigenvalue weighted by Crippen LogP contribution is -3.05. The van der Waals surface area contributed by atoms with Crippen LogP contribution in [0.15, 0.2) is 41.8 Å². The summed E-state index contributed by atoms with van der Waals surface area (Å²) in [7, 11) is 4.20. The number of nitrogens with one attached hydrogen (secondary N) is 1. The second kappa shape index (κ2) is 8.50. The summed E-state index contributed by atoms with van der Waals surface area (Å²) < 4.78 is 5.82. The average molecular weight is 331 g/mol. The van der Waals surface area contributed by atoms with Crippen molar-refractivity contribution in [3.63, 3.8) is 0 Å². The van der Waals surface area contributed by atoms with Gasteiger partial charge in [0.25, 0.3) is 0 Å². The van der Waals surface area contributed by atoms with Crippen LogP contribution in [0.2, 0.25) is 0 Å². The van der Waals surface area contributed by atoms with Crippen LogP contribution in [-0.2, 0) is 4.79 Å². The third-order valence-electron chi connectivity index (χ3n) is 3.30. The molecule has 0 aliphatic heterocycles. The number of aliphatic carboxylic acids is 1. The highest BCUT2D eigenvalue weighted by Gasteiger charge is 2.07. The number of carbonyl (C=O) groups is 1. The first-order valence-electron chi connectivity index (χ1n) is 7.55. The number of hydrogen-bond acceptors (Lipinski definition) is 4. The summed E-state index contributed by atoms with van der Waals surface area (Å²) in [5, 5.41) is 13.3. The van der Waals surface area contributed by atoms with E-state index in [4.69, 9.17) is 4.74 Å². The fourth-order valence-electron chi connectivity index (χ4n) is 2.16. The van der Waals surface area contributed by atoms with E-state index in [0.717, 1.165) is 18.5 Å². The topological polar surface area (TPSA) is 53.8 Å². The molecule has 2 aromatic rings. The van der Waals surface area contributed by atoms with Crippen molar-refractivity contribution in [3.05, 3.63) is 52.2 Å². The lowest BCUT2D eigenvalue weighted by atomic mass is 10.1. The molecule has 2 rings (SSSR count). The van der Waals surface area contributed by atoms with E-state index >= 15 is 0 Å². The maximum atomic E-state index is 11.4. The van der Waals surface area contributed by atoms with E-state index in [-0.39, 0.29) is 5.57 Å². The molecule has 0 aliphatic rings. The second-order valence-electron chi connectivity index (χ2n) is 5.52. The predicted molar refractivity (Wildman–Crippen MR) is 91.4 cm³/mol. The number of carboxylic acids is 1. The van der Waals surface area contributed by atoms with E-state index in [9.17, 15) is 9.90 Å². The lowest BCUT2D eigenvalue weighted by molar-refractivity contribution is -0.858. The molecule has 0 saturated heterocycles. The molecule has 0 spiro atoms. The Kier molecular flexibility index (Phi) is 6.38. The Morgan fingerprint density at radius 1 is 1.26 bits per heavy atom. The minimum Gasteiger partial charge on any atom is -0.545 e. The molecule has 1 aromatic carbocycles. The number of benzene rings is 1. The SMILES string of the molecule is C[NH+](C)CCCOc1ccccc1/C=C(\C(=O)[O-])c1cccs1. The predicted octanol–water partition coefficient (Wildman–Crippen LogP) is 0.952. The van der Waals surface area contributed by atoms with E-state index in [1.807, 2.05) is 35.7 Å². The highest BCUT2D eigenvalue weighted by molar-refractivity contribution is 7.11. The zero-order valence-corrected chi connectivity index (χ0v) is 14.2. The number of rotatable bonds is 8. The molecular formula is C18H21NO3S. The Morgan fingerprint density at radius 3 is 2.70 bits per heavy atom. The maximum Gasteiger partial charge on any atom is 0.126 e. The Balaban J connectivity index is 2.18. The zero-order valence-electron chi connectivity index (χ0n) is 13.4. The van der Waals surface area contributed by atoms with Crippen LogP contribution in [0.1, 0.15) is 16.9 Å². The Morgan fingerprint density at radius 2 is 2.04 bits per heavy atom. The highest BCUT2D eigenvalue weighted by Crippen LogP contribution is 2.26. The van der Waals surface area contributed by atoms with Gasteiger partial charge in [0, 0.05) is 22.4 Å². The lowest BCUT2D eigenvalue weighted by Gasteiger charge is -2.12. The van der Waals surface area contributed by atoms with Gasteiger partial charge in [0.1, 0.15) is 5.75 Å². The summed E-state index contributed by atoms with van der Waals surface area (Å²) in [5.74, 6) is -0.491. The number of carbonyl (C=O) groups excluding carboxylic acids is 1. The van der Waals surface area contributed by atoms with Gasteiger partial charge in [-0.05, 0) is 23.6 Å². The number of hydrogen-bond donors (Lipinski definition) is 1. The van der Waals surface area contributed by atoms with Crippen LogP contribution < -0.4 is 14.7 Å². The molecule has 0 bridgehead atoms. The van der Waals surface area contributed by atoms with E-state index in [2.05, 4.69) is 14.1 Å². The van der Waals surface area contributed by atoms with Crippen molar-refractivity contribution in [2.24, 2.45) is 0 Å². The van der Waals surface area contributed by atoms with E-state index in [1.54, 1.807) is 12.1 Å². The summed E-state index contributed by atoms with van der Waals surface area (Å²) in [4.78, 5) is 13.5. The van der Waals surface area contributed by atoms with Crippen LogP contribution in [0.25, 0.3) is 11.6 Å². The molecule has 0 unspecified atom stereocenters. The Hall–Kier alpha value is -2.11. The summed E-state index contributed by atoms with van der Waals surface area (Å²) in [6, 6.07) is 11.1. The van der Waals surface area contributed by atoms with Crippen molar-refractivity contribution in [2.75, 3.05) is 27.2 Å². The largest absolute Gasteiger partial charge is 0.545 e. The number of thiophene rings is 1. The average Bonchev–Trinajstić information content (AvgIpc) is 3.03. The van der Waals surface area contributed by atoms with Crippen molar-refractivity contribution < 1.29 is 19.5 Å². The van der Waals surface area contributed by atoms with Gasteiger partial charge in [-0.25, -0.2) is 0 Å². The van der Waals surface area contributed by atoms with Crippen molar-refractivity contribution >= 4 is 29.0 Å². The van der Waals surface area contributed by atoms with E-state index in [1.165, 1.54) is 16.2 Å². The van der Waals surface area contributed by atoms with Crippen LogP contribution in [0.4, 0.5) is 0 Å². The van der Waals surface area contributed by atoms with Crippen molar-refractivity contribution in [2.45, 2.75) is 6.42 Å². The van der Waals surface area contributed by atoms with Gasteiger partial charge in [-0.3, -0.25) is 0 Å². The number of carboxylic acid groups (broad SMARTS) is 1. The van der Waals surface area contributed by atoms with E-state index < -0.39 is 5.97 Å². The molecule has 0 aliphatic carbocycles. The first kappa shape index (κ1) is 17.2. The number of ether oxygens (including phenoxy) is 1. The van der Waals surface area contributed by atoms with Crippen LogP contribution in [0.3, 0.4) is 0 Å². The Bertz CT molecular complexity index is 663. The van der Waals surface area contributed by atoms with E-state index in [0.29, 0.717) is 17.2 Å². The molecule has 1 heterocycles. The minimum atomic E-state index is -1.18. The van der Waals surface area contributed by atoms with Crippen molar-refractivity contribution in [1.82, 2.24) is 0 Å². The van der Waals surface area contributed by atoms with Gasteiger partial charge in [-0.1, -0.05) is 24.3 Å². The minimum absolute atomic E-state index is 0.175. The summed E-state index contributed by atoms with van der Waals surface area (Å²) in [5.41, 5.74) is 0.922. The Labute approximate surface area is 140 Å². The van der Waals surface area contributed by atoms with Crippen LogP contribution in [0.5, 0.6) is 5.75 Å². The van der Waals surface area contributed by atoms with Gasteiger partial charge in [0.05, 0.1) is 33.2 Å².